The van der Waals surface area contributed by atoms with Crippen LogP contribution in [-0.2, 0) is 24.2 Å². The Hall–Kier alpha value is -1.15. The topological polar surface area (TPSA) is 101 Å². The van der Waals surface area contributed by atoms with E-state index in [0.29, 0.717) is 19.6 Å². The Labute approximate surface area is 125 Å². The molecule has 0 saturated carbocycles. The zero-order valence-corrected chi connectivity index (χ0v) is 13.3. The van der Waals surface area contributed by atoms with Gasteiger partial charge in [-0.3, -0.25) is 9.59 Å². The molecule has 0 radical (unpaired) electrons. The lowest BCUT2D eigenvalue weighted by atomic mass is 10.0. The van der Waals surface area contributed by atoms with Gasteiger partial charge in [0.25, 0.3) is 0 Å². The van der Waals surface area contributed by atoms with E-state index < -0.39 is 15.8 Å². The average molecular weight is 321 g/mol. The number of rotatable bonds is 8. The number of carboxylic acid groups (broad SMARTS) is 1. The second-order valence-electron chi connectivity index (χ2n) is 5.54. The lowest BCUT2D eigenvalue weighted by Crippen LogP contribution is -2.43. The summed E-state index contributed by atoms with van der Waals surface area (Å²) in [6.45, 7) is 2.36. The van der Waals surface area contributed by atoms with Gasteiger partial charge in [0.1, 0.15) is 0 Å². The maximum absolute atomic E-state index is 12.3. The Bertz CT molecular complexity index is 475. The van der Waals surface area contributed by atoms with Gasteiger partial charge in [-0.25, -0.2) is 8.42 Å². The summed E-state index contributed by atoms with van der Waals surface area (Å²) in [7, 11) is -1.56. The number of amides is 1. The minimum absolute atomic E-state index is 0.0181. The van der Waals surface area contributed by atoms with Crippen LogP contribution in [0.5, 0.6) is 0 Å². The van der Waals surface area contributed by atoms with E-state index in [1.165, 1.54) is 12.0 Å². The fourth-order valence-corrected chi connectivity index (χ4v) is 4.24. The predicted molar refractivity (Wildman–Crippen MR) is 76.7 cm³/mol. The number of nitrogens with zero attached hydrogens (tertiary/aromatic N) is 1. The van der Waals surface area contributed by atoms with Gasteiger partial charge in [0.2, 0.25) is 5.91 Å². The van der Waals surface area contributed by atoms with Crippen LogP contribution in [0.2, 0.25) is 0 Å². The van der Waals surface area contributed by atoms with Crippen molar-refractivity contribution in [2.24, 2.45) is 5.92 Å². The summed E-state index contributed by atoms with van der Waals surface area (Å²) in [6, 6.07) is -0.324. The minimum atomic E-state index is -3.08. The SMILES string of the molecule is COCCN(C(=O)CC(C)CC(=O)O)C1CCS(=O)(=O)C1. The van der Waals surface area contributed by atoms with E-state index in [0.717, 1.165) is 0 Å². The highest BCUT2D eigenvalue weighted by Crippen LogP contribution is 2.20. The summed E-state index contributed by atoms with van der Waals surface area (Å²) in [5.74, 6) is -1.35. The van der Waals surface area contributed by atoms with Crippen molar-refractivity contribution in [3.63, 3.8) is 0 Å². The molecule has 1 amide bonds. The number of sulfone groups is 1. The number of carbonyl (C=O) groups excluding carboxylic acids is 1. The molecule has 0 spiro atoms. The van der Waals surface area contributed by atoms with E-state index in [-0.39, 0.29) is 42.2 Å². The van der Waals surface area contributed by atoms with Gasteiger partial charge in [-0.2, -0.15) is 0 Å². The van der Waals surface area contributed by atoms with Crippen molar-refractivity contribution in [2.75, 3.05) is 31.8 Å². The molecule has 1 N–H and O–H groups in total. The first-order chi connectivity index (χ1) is 9.75. The number of carboxylic acids is 1. The first kappa shape index (κ1) is 17.9. The van der Waals surface area contributed by atoms with Crippen molar-refractivity contribution in [1.29, 1.82) is 0 Å². The van der Waals surface area contributed by atoms with Crippen LogP contribution in [0.3, 0.4) is 0 Å². The second-order valence-corrected chi connectivity index (χ2v) is 7.77. The Kier molecular flexibility index (Phi) is 6.60. The molecule has 7 nitrogen and oxygen atoms in total. The predicted octanol–water partition coefficient (Wildman–Crippen LogP) is 0.149. The van der Waals surface area contributed by atoms with E-state index in [2.05, 4.69) is 0 Å². The quantitative estimate of drug-likeness (QED) is 0.683. The zero-order chi connectivity index (χ0) is 16.0. The maximum atomic E-state index is 12.3. The van der Waals surface area contributed by atoms with Gasteiger partial charge in [-0.05, 0) is 12.3 Å². The van der Waals surface area contributed by atoms with Crippen LogP contribution in [0.4, 0.5) is 0 Å². The molecule has 0 aromatic heterocycles. The molecule has 0 aromatic carbocycles. The standard InChI is InChI=1S/C13H23NO6S/c1-10(8-13(16)17)7-12(15)14(4-5-20-2)11-3-6-21(18,19)9-11/h10-11H,3-9H2,1-2H3,(H,16,17). The number of hydrogen-bond donors (Lipinski definition) is 1. The number of methoxy groups -OCH3 is 1. The molecule has 1 fully saturated rings. The van der Waals surface area contributed by atoms with Crippen LogP contribution in [0.25, 0.3) is 0 Å². The van der Waals surface area contributed by atoms with Crippen molar-refractivity contribution in [1.82, 2.24) is 4.90 Å². The van der Waals surface area contributed by atoms with Crippen molar-refractivity contribution >= 4 is 21.7 Å². The minimum Gasteiger partial charge on any atom is -0.481 e. The third-order valence-electron chi connectivity index (χ3n) is 3.55. The normalized spacial score (nSPS) is 21.9. The highest BCUT2D eigenvalue weighted by molar-refractivity contribution is 7.91. The lowest BCUT2D eigenvalue weighted by Gasteiger charge is -2.29. The van der Waals surface area contributed by atoms with E-state index in [4.69, 9.17) is 9.84 Å². The third kappa shape index (κ3) is 6.01. The van der Waals surface area contributed by atoms with Gasteiger partial charge in [-0.15, -0.1) is 0 Å². The first-order valence-corrected chi connectivity index (χ1v) is 8.78. The first-order valence-electron chi connectivity index (χ1n) is 6.95. The number of hydrogen-bond acceptors (Lipinski definition) is 5. The molecule has 2 atom stereocenters. The largest absolute Gasteiger partial charge is 0.481 e. The van der Waals surface area contributed by atoms with Crippen molar-refractivity contribution in [3.8, 4) is 0 Å². The van der Waals surface area contributed by atoms with E-state index in [1.807, 2.05) is 0 Å². The van der Waals surface area contributed by atoms with Crippen LogP contribution in [0.1, 0.15) is 26.2 Å². The highest BCUT2D eigenvalue weighted by Gasteiger charge is 2.34. The Morgan fingerprint density at radius 3 is 2.52 bits per heavy atom. The maximum Gasteiger partial charge on any atom is 0.303 e. The van der Waals surface area contributed by atoms with Gasteiger partial charge in [-0.1, -0.05) is 6.92 Å². The Morgan fingerprint density at radius 2 is 2.05 bits per heavy atom. The van der Waals surface area contributed by atoms with E-state index in [9.17, 15) is 18.0 Å². The number of aliphatic carboxylic acids is 1. The van der Waals surface area contributed by atoms with Crippen molar-refractivity contribution in [2.45, 2.75) is 32.2 Å². The van der Waals surface area contributed by atoms with Gasteiger partial charge < -0.3 is 14.7 Å². The Balaban J connectivity index is 2.68. The molecule has 0 bridgehead atoms. The van der Waals surface area contributed by atoms with Gasteiger partial charge in [0.15, 0.2) is 9.84 Å². The molecule has 0 aliphatic carbocycles. The third-order valence-corrected chi connectivity index (χ3v) is 5.30. The summed E-state index contributed by atoms with van der Waals surface area (Å²) in [4.78, 5) is 24.5. The Morgan fingerprint density at radius 1 is 1.38 bits per heavy atom. The number of carbonyl (C=O) groups is 2. The highest BCUT2D eigenvalue weighted by atomic mass is 32.2. The van der Waals surface area contributed by atoms with Crippen molar-refractivity contribution in [3.05, 3.63) is 0 Å². The molecule has 122 valence electrons. The smallest absolute Gasteiger partial charge is 0.303 e. The fourth-order valence-electron chi connectivity index (χ4n) is 2.51. The zero-order valence-electron chi connectivity index (χ0n) is 12.4. The van der Waals surface area contributed by atoms with E-state index >= 15 is 0 Å². The van der Waals surface area contributed by atoms with Crippen molar-refractivity contribution < 1.29 is 27.9 Å². The molecular formula is C13H23NO6S. The molecular weight excluding hydrogens is 298 g/mol. The summed E-state index contributed by atoms with van der Waals surface area (Å²) in [5.41, 5.74) is 0. The molecule has 1 saturated heterocycles. The van der Waals surface area contributed by atoms with Gasteiger partial charge in [0.05, 0.1) is 18.1 Å². The van der Waals surface area contributed by atoms with Crippen LogP contribution < -0.4 is 0 Å². The van der Waals surface area contributed by atoms with Crippen LogP contribution in [-0.4, -0.2) is 68.1 Å². The second kappa shape index (κ2) is 7.74. The summed E-state index contributed by atoms with van der Waals surface area (Å²) in [6.07, 6.45) is 0.463. The molecule has 8 heteroatoms. The fraction of sp³-hybridized carbons (Fsp3) is 0.846. The van der Waals surface area contributed by atoms with Gasteiger partial charge in [0, 0.05) is 32.5 Å². The van der Waals surface area contributed by atoms with Crippen LogP contribution in [0.15, 0.2) is 0 Å². The molecule has 1 rings (SSSR count). The van der Waals surface area contributed by atoms with Gasteiger partial charge >= 0.3 is 5.97 Å². The number of ether oxygens (including phenoxy) is 1. The molecule has 21 heavy (non-hydrogen) atoms. The molecule has 0 aromatic rings. The molecule has 2 unspecified atom stereocenters. The monoisotopic (exact) mass is 321 g/mol. The van der Waals surface area contributed by atoms with Crippen LogP contribution >= 0.6 is 0 Å². The average Bonchev–Trinajstić information content (AvgIpc) is 2.68. The summed E-state index contributed by atoms with van der Waals surface area (Å²) in [5, 5.41) is 8.73. The lowest BCUT2D eigenvalue weighted by molar-refractivity contribution is -0.139. The molecule has 1 aliphatic rings. The van der Waals surface area contributed by atoms with E-state index in [1.54, 1.807) is 6.92 Å². The van der Waals surface area contributed by atoms with Crippen LogP contribution in [0, 0.1) is 5.92 Å². The molecule has 1 heterocycles. The molecule has 1 aliphatic heterocycles. The summed E-state index contributed by atoms with van der Waals surface area (Å²) < 4.78 is 28.1. The summed E-state index contributed by atoms with van der Waals surface area (Å²) >= 11 is 0.